The van der Waals surface area contributed by atoms with E-state index in [9.17, 15) is 4.79 Å². The van der Waals surface area contributed by atoms with E-state index in [1.54, 1.807) is 7.11 Å². The molecule has 21 heavy (non-hydrogen) atoms. The fourth-order valence-electron chi connectivity index (χ4n) is 2.37. The number of rotatable bonds is 3. The van der Waals surface area contributed by atoms with Gasteiger partial charge >= 0.3 is 5.69 Å². The van der Waals surface area contributed by atoms with Crippen molar-refractivity contribution in [1.82, 2.24) is 9.97 Å². The molecule has 0 spiro atoms. The number of hydrogen-bond acceptors (Lipinski definition) is 3. The Balaban J connectivity index is 2.07. The van der Waals surface area contributed by atoms with Gasteiger partial charge in [0.2, 0.25) is 0 Å². The molecule has 108 valence electrons. The lowest BCUT2D eigenvalue weighted by Crippen LogP contribution is -2.13. The molecule has 0 bridgehead atoms. The Hall–Kier alpha value is -2.05. The van der Waals surface area contributed by atoms with Gasteiger partial charge in [-0.05, 0) is 29.8 Å². The molecule has 2 aromatic carbocycles. The van der Waals surface area contributed by atoms with Gasteiger partial charge in [-0.1, -0.05) is 28.1 Å². The van der Waals surface area contributed by atoms with Gasteiger partial charge in [-0.15, -0.1) is 0 Å². The smallest absolute Gasteiger partial charge is 0.323 e. The van der Waals surface area contributed by atoms with Crippen molar-refractivity contribution in [3.63, 3.8) is 0 Å². The zero-order valence-corrected chi connectivity index (χ0v) is 12.9. The fourth-order valence-corrected chi connectivity index (χ4v) is 2.71. The van der Waals surface area contributed by atoms with Crippen molar-refractivity contribution >= 4 is 27.0 Å². The molecule has 0 aliphatic rings. The second-order valence-electron chi connectivity index (χ2n) is 4.75. The molecule has 1 heterocycles. The molecule has 1 unspecified atom stereocenters. The highest BCUT2D eigenvalue weighted by molar-refractivity contribution is 9.10. The van der Waals surface area contributed by atoms with Gasteiger partial charge in [0.15, 0.2) is 0 Å². The molecule has 1 atom stereocenters. The Morgan fingerprint density at radius 1 is 1.14 bits per heavy atom. The lowest BCUT2D eigenvalue weighted by molar-refractivity contribution is 0.407. The molecule has 0 fully saturated rings. The Morgan fingerprint density at radius 2 is 1.90 bits per heavy atom. The van der Waals surface area contributed by atoms with Gasteiger partial charge in [0.05, 0.1) is 24.2 Å². The third-order valence-corrected chi connectivity index (χ3v) is 3.92. The largest absolute Gasteiger partial charge is 0.496 e. The first-order valence-corrected chi connectivity index (χ1v) is 7.19. The van der Waals surface area contributed by atoms with Crippen LogP contribution in [0.5, 0.6) is 5.75 Å². The summed E-state index contributed by atoms with van der Waals surface area (Å²) in [5, 5.41) is 0. The highest BCUT2D eigenvalue weighted by Crippen LogP contribution is 2.31. The summed E-state index contributed by atoms with van der Waals surface area (Å²) < 4.78 is 6.32. The van der Waals surface area contributed by atoms with Crippen LogP contribution >= 0.6 is 15.9 Å². The quantitative estimate of drug-likeness (QED) is 0.680. The maximum atomic E-state index is 11.3. The lowest BCUT2D eigenvalue weighted by atomic mass is 9.98. The number of methoxy groups -OCH3 is 1. The maximum Gasteiger partial charge on any atom is 0.323 e. The van der Waals surface area contributed by atoms with E-state index in [1.807, 2.05) is 36.4 Å². The number of hydrogen-bond donors (Lipinski definition) is 3. The van der Waals surface area contributed by atoms with Gasteiger partial charge in [0, 0.05) is 10.0 Å². The van der Waals surface area contributed by atoms with Crippen molar-refractivity contribution in [2.75, 3.05) is 7.11 Å². The molecule has 1 aromatic heterocycles. The first kappa shape index (κ1) is 13.9. The molecule has 6 heteroatoms. The summed E-state index contributed by atoms with van der Waals surface area (Å²) in [6, 6.07) is 11.0. The van der Waals surface area contributed by atoms with Crippen molar-refractivity contribution < 1.29 is 4.74 Å². The molecule has 0 saturated carbocycles. The van der Waals surface area contributed by atoms with E-state index in [0.717, 1.165) is 32.4 Å². The van der Waals surface area contributed by atoms with Crippen LogP contribution < -0.4 is 16.2 Å². The zero-order valence-electron chi connectivity index (χ0n) is 11.3. The molecule has 4 N–H and O–H groups in total. The van der Waals surface area contributed by atoms with E-state index in [1.165, 1.54) is 0 Å². The summed E-state index contributed by atoms with van der Waals surface area (Å²) in [4.78, 5) is 16.8. The van der Waals surface area contributed by atoms with Crippen molar-refractivity contribution in [3.05, 3.63) is 62.5 Å². The van der Waals surface area contributed by atoms with E-state index in [-0.39, 0.29) is 11.7 Å². The number of aromatic nitrogens is 2. The van der Waals surface area contributed by atoms with E-state index in [2.05, 4.69) is 25.9 Å². The summed E-state index contributed by atoms with van der Waals surface area (Å²) >= 11 is 3.41. The number of aromatic amines is 2. The minimum Gasteiger partial charge on any atom is -0.496 e. The third-order valence-electron chi connectivity index (χ3n) is 3.43. The summed E-state index contributed by atoms with van der Waals surface area (Å²) in [6.45, 7) is 0. The van der Waals surface area contributed by atoms with Crippen molar-refractivity contribution in [2.45, 2.75) is 6.04 Å². The van der Waals surface area contributed by atoms with Gasteiger partial charge in [0.25, 0.3) is 0 Å². The molecule has 0 amide bonds. The Labute approximate surface area is 129 Å². The van der Waals surface area contributed by atoms with Crippen LogP contribution in [0.25, 0.3) is 11.0 Å². The number of H-pyrrole nitrogens is 2. The zero-order chi connectivity index (χ0) is 15.0. The molecule has 0 saturated heterocycles. The summed E-state index contributed by atoms with van der Waals surface area (Å²) in [5.74, 6) is 0.722. The number of halogens is 1. The highest BCUT2D eigenvalue weighted by atomic mass is 79.9. The maximum absolute atomic E-state index is 11.3. The molecular weight excluding hydrogens is 334 g/mol. The molecular formula is C15H14BrN3O2. The van der Waals surface area contributed by atoms with Gasteiger partial charge in [0.1, 0.15) is 5.75 Å². The monoisotopic (exact) mass is 347 g/mol. The second-order valence-corrected chi connectivity index (χ2v) is 5.66. The summed E-state index contributed by atoms with van der Waals surface area (Å²) in [6.07, 6.45) is 0. The van der Waals surface area contributed by atoms with Crippen LogP contribution in [0.1, 0.15) is 17.2 Å². The summed E-state index contributed by atoms with van der Waals surface area (Å²) in [7, 11) is 1.62. The molecule has 5 nitrogen and oxygen atoms in total. The van der Waals surface area contributed by atoms with Crippen LogP contribution in [0.15, 0.2) is 45.7 Å². The third kappa shape index (κ3) is 2.59. The van der Waals surface area contributed by atoms with E-state index >= 15 is 0 Å². The Bertz CT molecular complexity index is 853. The molecule has 3 rings (SSSR count). The van der Waals surface area contributed by atoms with E-state index in [0.29, 0.717) is 0 Å². The molecule has 3 aromatic rings. The Kier molecular flexibility index (Phi) is 3.57. The number of benzene rings is 2. The van der Waals surface area contributed by atoms with Crippen molar-refractivity contribution in [2.24, 2.45) is 5.73 Å². The lowest BCUT2D eigenvalue weighted by Gasteiger charge is -2.16. The van der Waals surface area contributed by atoms with Crippen LogP contribution in [0.3, 0.4) is 0 Å². The van der Waals surface area contributed by atoms with Crippen molar-refractivity contribution in [1.29, 1.82) is 0 Å². The van der Waals surface area contributed by atoms with Crippen LogP contribution in [0, 0.1) is 0 Å². The first-order valence-electron chi connectivity index (χ1n) is 6.39. The molecule has 0 radical (unpaired) electrons. The Morgan fingerprint density at radius 3 is 2.67 bits per heavy atom. The summed E-state index contributed by atoms with van der Waals surface area (Å²) in [5.41, 5.74) is 9.41. The van der Waals surface area contributed by atoms with Crippen LogP contribution in [0.4, 0.5) is 0 Å². The molecule has 0 aliphatic heterocycles. The second kappa shape index (κ2) is 5.38. The predicted octanol–water partition coefficient (Wildman–Crippen LogP) is 2.68. The van der Waals surface area contributed by atoms with E-state index < -0.39 is 0 Å². The highest BCUT2D eigenvalue weighted by Gasteiger charge is 2.15. The topological polar surface area (TPSA) is 83.9 Å². The van der Waals surface area contributed by atoms with E-state index in [4.69, 9.17) is 10.5 Å². The minimum absolute atomic E-state index is 0.225. The number of nitrogens with one attached hydrogen (secondary N) is 2. The number of imidazole rings is 1. The fraction of sp³-hybridized carbons (Fsp3) is 0.133. The van der Waals surface area contributed by atoms with Gasteiger partial charge in [-0.3, -0.25) is 0 Å². The van der Waals surface area contributed by atoms with Gasteiger partial charge < -0.3 is 20.4 Å². The first-order chi connectivity index (χ1) is 10.1. The molecule has 0 aliphatic carbocycles. The van der Waals surface area contributed by atoms with Gasteiger partial charge in [-0.2, -0.15) is 0 Å². The number of nitrogens with two attached hydrogens (primary N) is 1. The number of ether oxygens (including phenoxy) is 1. The SMILES string of the molecule is COc1cc(Br)ccc1C(N)c1ccc2[nH]c(=O)[nH]c2c1. The average Bonchev–Trinajstić information content (AvgIpc) is 2.85. The minimum atomic E-state index is -0.337. The standard InChI is InChI=1S/C15H14BrN3O2/c1-21-13-7-9(16)3-4-10(13)14(17)8-2-5-11-12(6-8)19-15(20)18-11/h2-7,14H,17H2,1H3,(H2,18,19,20). The van der Waals surface area contributed by atoms with Crippen LogP contribution in [0.2, 0.25) is 0 Å². The number of fused-ring (bicyclic) bond motifs is 1. The average molecular weight is 348 g/mol. The normalized spacial score (nSPS) is 12.5. The van der Waals surface area contributed by atoms with Crippen molar-refractivity contribution in [3.8, 4) is 5.75 Å². The predicted molar refractivity (Wildman–Crippen MR) is 85.6 cm³/mol. The van der Waals surface area contributed by atoms with Gasteiger partial charge in [-0.25, -0.2) is 4.79 Å². The van der Waals surface area contributed by atoms with Crippen LogP contribution in [-0.2, 0) is 0 Å². The van der Waals surface area contributed by atoms with Crippen LogP contribution in [-0.4, -0.2) is 17.1 Å².